The number of hydrogen-bond donors (Lipinski definition) is 2. The second-order valence-electron chi connectivity index (χ2n) is 5.54. The lowest BCUT2D eigenvalue weighted by Gasteiger charge is -2.08. The normalized spacial score (nSPS) is 11.1. The molecule has 2 N–H and O–H groups in total. The van der Waals surface area contributed by atoms with E-state index in [4.69, 9.17) is 0 Å². The molecule has 0 radical (unpaired) electrons. The van der Waals surface area contributed by atoms with Crippen LogP contribution >= 0.6 is 11.3 Å². The molecule has 0 aliphatic rings. The van der Waals surface area contributed by atoms with Crippen molar-refractivity contribution >= 4 is 33.0 Å². The summed E-state index contributed by atoms with van der Waals surface area (Å²) in [6.45, 7) is 3.61. The van der Waals surface area contributed by atoms with E-state index in [1.165, 1.54) is 41.7 Å². The van der Waals surface area contributed by atoms with Gasteiger partial charge in [-0.25, -0.2) is 18.1 Å². The zero-order chi connectivity index (χ0) is 19.3. The zero-order valence-electron chi connectivity index (χ0n) is 14.3. The first-order valence-corrected chi connectivity index (χ1v) is 10.4. The maximum absolute atomic E-state index is 12.4. The number of anilines is 1. The number of nitrogens with one attached hydrogen (secondary N) is 2. The van der Waals surface area contributed by atoms with Gasteiger partial charge in [0.1, 0.15) is 5.01 Å². The number of carbonyl (C=O) groups is 1. The van der Waals surface area contributed by atoms with Crippen LogP contribution in [0.25, 0.3) is 10.6 Å². The third-order valence-corrected chi connectivity index (χ3v) is 5.91. The van der Waals surface area contributed by atoms with Crippen molar-refractivity contribution < 1.29 is 13.2 Å². The van der Waals surface area contributed by atoms with Crippen LogP contribution in [-0.2, 0) is 10.0 Å². The highest BCUT2D eigenvalue weighted by molar-refractivity contribution is 7.89. The predicted molar refractivity (Wildman–Crippen MR) is 107 cm³/mol. The minimum absolute atomic E-state index is 0.0895. The molecule has 27 heavy (non-hydrogen) atoms. The number of carbonyl (C=O) groups excluding carboxylic acids is 1. The van der Waals surface area contributed by atoms with E-state index in [2.05, 4.69) is 21.6 Å². The molecule has 0 atom stereocenters. The second kappa shape index (κ2) is 8.26. The molecule has 0 unspecified atom stereocenters. The van der Waals surface area contributed by atoms with Crippen LogP contribution in [-0.4, -0.2) is 25.9 Å². The lowest BCUT2D eigenvalue weighted by atomic mass is 10.2. The van der Waals surface area contributed by atoms with Crippen LogP contribution < -0.4 is 10.0 Å². The van der Waals surface area contributed by atoms with Gasteiger partial charge in [0.05, 0.1) is 4.90 Å². The minimum Gasteiger partial charge on any atom is -0.322 e. The number of amides is 1. The molecule has 0 aliphatic carbocycles. The van der Waals surface area contributed by atoms with Crippen molar-refractivity contribution in [1.29, 1.82) is 0 Å². The highest BCUT2D eigenvalue weighted by Gasteiger charge is 2.14. The lowest BCUT2D eigenvalue weighted by Crippen LogP contribution is -2.23. The fourth-order valence-corrected chi connectivity index (χ4v) is 3.97. The van der Waals surface area contributed by atoms with Gasteiger partial charge in [-0.3, -0.25) is 4.79 Å². The Labute approximate surface area is 161 Å². The number of rotatable bonds is 7. The smallest absolute Gasteiger partial charge is 0.255 e. The van der Waals surface area contributed by atoms with E-state index in [1.54, 1.807) is 12.3 Å². The van der Waals surface area contributed by atoms with Crippen LogP contribution in [0.15, 0.2) is 77.7 Å². The van der Waals surface area contributed by atoms with Crippen LogP contribution in [0.4, 0.5) is 5.69 Å². The standard InChI is InChI=1S/C19H17N3O3S2/c1-2-10-21-27(24,25)17-8-6-14(7-9-17)18(23)22-16-5-3-4-15(13-16)19-20-11-12-26-19/h2-9,11-13,21H,1,10H2,(H,22,23). The van der Waals surface area contributed by atoms with E-state index >= 15 is 0 Å². The zero-order valence-corrected chi connectivity index (χ0v) is 15.9. The molecular formula is C19H17N3O3S2. The van der Waals surface area contributed by atoms with Crippen molar-refractivity contribution in [3.8, 4) is 10.6 Å². The van der Waals surface area contributed by atoms with Gasteiger partial charge in [-0.1, -0.05) is 18.2 Å². The maximum atomic E-state index is 12.4. The molecule has 3 aromatic rings. The van der Waals surface area contributed by atoms with Crippen molar-refractivity contribution in [2.75, 3.05) is 11.9 Å². The molecule has 0 bridgehead atoms. The van der Waals surface area contributed by atoms with Crippen LogP contribution in [0.5, 0.6) is 0 Å². The van der Waals surface area contributed by atoms with Crippen LogP contribution in [0.2, 0.25) is 0 Å². The molecule has 6 nitrogen and oxygen atoms in total. The molecular weight excluding hydrogens is 382 g/mol. The summed E-state index contributed by atoms with van der Waals surface area (Å²) in [5.74, 6) is -0.325. The first kappa shape index (κ1) is 19.0. The van der Waals surface area contributed by atoms with Crippen molar-refractivity contribution in [3.63, 3.8) is 0 Å². The summed E-state index contributed by atoms with van der Waals surface area (Å²) in [5, 5.41) is 5.57. The van der Waals surface area contributed by atoms with Crippen molar-refractivity contribution in [2.45, 2.75) is 4.90 Å². The van der Waals surface area contributed by atoms with Crippen LogP contribution in [0, 0.1) is 0 Å². The average molecular weight is 399 g/mol. The highest BCUT2D eigenvalue weighted by atomic mass is 32.2. The Kier molecular flexibility index (Phi) is 5.80. The van der Waals surface area contributed by atoms with E-state index in [0.717, 1.165) is 10.6 Å². The largest absolute Gasteiger partial charge is 0.322 e. The summed E-state index contributed by atoms with van der Waals surface area (Å²) in [7, 11) is -3.61. The number of benzene rings is 2. The van der Waals surface area contributed by atoms with Gasteiger partial charge in [0.25, 0.3) is 5.91 Å². The van der Waals surface area contributed by atoms with Crippen LogP contribution in [0.1, 0.15) is 10.4 Å². The molecule has 2 aromatic carbocycles. The molecule has 3 rings (SSSR count). The Morgan fingerprint density at radius 2 is 1.96 bits per heavy atom. The predicted octanol–water partition coefficient (Wildman–Crippen LogP) is 3.53. The Bertz CT molecular complexity index is 1040. The quantitative estimate of drug-likeness (QED) is 0.595. The van der Waals surface area contributed by atoms with Gasteiger partial charge in [0.15, 0.2) is 0 Å². The van der Waals surface area contributed by atoms with Gasteiger partial charge in [-0.15, -0.1) is 17.9 Å². The first-order chi connectivity index (χ1) is 13.0. The summed E-state index contributed by atoms with van der Waals surface area (Å²) in [6.07, 6.45) is 3.18. The monoisotopic (exact) mass is 399 g/mol. The Hall–Kier alpha value is -2.81. The molecule has 0 saturated carbocycles. The van der Waals surface area contributed by atoms with Crippen LogP contribution in [0.3, 0.4) is 0 Å². The van der Waals surface area contributed by atoms with E-state index in [-0.39, 0.29) is 17.3 Å². The number of thiazole rings is 1. The second-order valence-corrected chi connectivity index (χ2v) is 8.20. The maximum Gasteiger partial charge on any atom is 0.255 e. The Morgan fingerprint density at radius 1 is 1.19 bits per heavy atom. The summed E-state index contributed by atoms with van der Waals surface area (Å²) < 4.78 is 26.5. The minimum atomic E-state index is -3.61. The average Bonchev–Trinajstić information content (AvgIpc) is 3.21. The number of sulfonamides is 1. The number of nitrogens with zero attached hydrogens (tertiary/aromatic N) is 1. The van der Waals surface area contributed by atoms with Crippen molar-refractivity contribution in [1.82, 2.24) is 9.71 Å². The molecule has 138 valence electrons. The third-order valence-electron chi connectivity index (χ3n) is 3.64. The summed E-state index contributed by atoms with van der Waals surface area (Å²) in [6, 6.07) is 13.1. The Morgan fingerprint density at radius 3 is 2.63 bits per heavy atom. The van der Waals surface area contributed by atoms with Crippen molar-refractivity contribution in [3.05, 3.63) is 78.3 Å². The highest BCUT2D eigenvalue weighted by Crippen LogP contribution is 2.24. The van der Waals surface area contributed by atoms with Gasteiger partial charge in [0, 0.05) is 34.9 Å². The third kappa shape index (κ3) is 4.68. The number of aromatic nitrogens is 1. The van der Waals surface area contributed by atoms with Gasteiger partial charge >= 0.3 is 0 Å². The molecule has 0 fully saturated rings. The first-order valence-electron chi connectivity index (χ1n) is 8.01. The topological polar surface area (TPSA) is 88.2 Å². The van der Waals surface area contributed by atoms with E-state index in [1.807, 2.05) is 23.6 Å². The molecule has 1 amide bonds. The SMILES string of the molecule is C=CCNS(=O)(=O)c1ccc(C(=O)Nc2cccc(-c3nccs3)c2)cc1. The van der Waals surface area contributed by atoms with Gasteiger partial charge < -0.3 is 5.32 Å². The van der Waals surface area contributed by atoms with E-state index in [0.29, 0.717) is 11.3 Å². The summed E-state index contributed by atoms with van der Waals surface area (Å²) in [5.41, 5.74) is 1.91. The number of hydrogen-bond acceptors (Lipinski definition) is 5. The summed E-state index contributed by atoms with van der Waals surface area (Å²) in [4.78, 5) is 16.8. The lowest BCUT2D eigenvalue weighted by molar-refractivity contribution is 0.102. The van der Waals surface area contributed by atoms with E-state index in [9.17, 15) is 13.2 Å². The fourth-order valence-electron chi connectivity index (χ4n) is 2.34. The van der Waals surface area contributed by atoms with Gasteiger partial charge in [-0.2, -0.15) is 0 Å². The van der Waals surface area contributed by atoms with Gasteiger partial charge in [-0.05, 0) is 36.4 Å². The van der Waals surface area contributed by atoms with E-state index < -0.39 is 10.0 Å². The molecule has 1 aromatic heterocycles. The molecule has 1 heterocycles. The molecule has 8 heteroatoms. The van der Waals surface area contributed by atoms with Gasteiger partial charge in [0.2, 0.25) is 10.0 Å². The molecule has 0 spiro atoms. The molecule has 0 saturated heterocycles. The van der Waals surface area contributed by atoms with Crippen molar-refractivity contribution in [2.24, 2.45) is 0 Å². The molecule has 0 aliphatic heterocycles. The summed E-state index contributed by atoms with van der Waals surface area (Å²) >= 11 is 1.52. The Balaban J connectivity index is 1.73. The fraction of sp³-hybridized carbons (Fsp3) is 0.0526.